The fourth-order valence-electron chi connectivity index (χ4n) is 2.96. The molecule has 5 nitrogen and oxygen atoms in total. The number of anilines is 1. The monoisotopic (exact) mass is 387 g/mol. The van der Waals surface area contributed by atoms with Crippen LogP contribution in [0, 0.1) is 0 Å². The molecule has 0 amide bonds. The topological polar surface area (TPSA) is 62.7 Å². The lowest BCUT2D eigenvalue weighted by Gasteiger charge is -2.21. The maximum Gasteiger partial charge on any atom is 0.319 e. The molecular formula is C24H25N3O2. The Morgan fingerprint density at radius 3 is 2.10 bits per heavy atom. The molecule has 0 saturated carbocycles. The second kappa shape index (κ2) is 10.8. The van der Waals surface area contributed by atoms with E-state index in [0.29, 0.717) is 6.61 Å². The van der Waals surface area contributed by atoms with E-state index in [1.807, 2.05) is 91.0 Å². The van der Waals surface area contributed by atoms with Gasteiger partial charge in [0.15, 0.2) is 0 Å². The van der Waals surface area contributed by atoms with Crippen molar-refractivity contribution in [2.45, 2.75) is 13.0 Å². The van der Waals surface area contributed by atoms with E-state index in [1.165, 1.54) is 0 Å². The van der Waals surface area contributed by atoms with Crippen LogP contribution in [0.15, 0.2) is 96.1 Å². The Balaban J connectivity index is 1.96. The van der Waals surface area contributed by atoms with Gasteiger partial charge in [-0.1, -0.05) is 78.9 Å². The molecule has 1 atom stereocenters. The molecule has 0 bridgehead atoms. The number of rotatable bonds is 9. The van der Waals surface area contributed by atoms with E-state index in [4.69, 9.17) is 9.84 Å². The highest BCUT2D eigenvalue weighted by atomic mass is 16.5. The van der Waals surface area contributed by atoms with E-state index >= 15 is 0 Å². The number of para-hydroxylation sites is 1. The predicted octanol–water partition coefficient (Wildman–Crippen LogP) is 4.40. The summed E-state index contributed by atoms with van der Waals surface area (Å²) in [7, 11) is 0. The number of ether oxygens (including phenoxy) is 1. The first-order valence-corrected chi connectivity index (χ1v) is 9.66. The van der Waals surface area contributed by atoms with E-state index in [9.17, 15) is 4.79 Å². The second-order valence-electron chi connectivity index (χ2n) is 6.37. The SMILES string of the molecule is CCOC(=O)CNC(/C(=N/Nc1ccccc1)c1ccccc1)c1ccccc1. The molecule has 0 fully saturated rings. The number of hydrogen-bond donors (Lipinski definition) is 2. The molecule has 3 aromatic rings. The summed E-state index contributed by atoms with van der Waals surface area (Å²) < 4.78 is 5.09. The van der Waals surface area contributed by atoms with Gasteiger partial charge >= 0.3 is 5.97 Å². The average molecular weight is 387 g/mol. The summed E-state index contributed by atoms with van der Waals surface area (Å²) in [6.45, 7) is 2.24. The van der Waals surface area contributed by atoms with E-state index in [0.717, 1.165) is 22.5 Å². The number of carbonyl (C=O) groups is 1. The molecular weight excluding hydrogens is 362 g/mol. The smallest absolute Gasteiger partial charge is 0.319 e. The molecule has 0 aliphatic carbocycles. The van der Waals surface area contributed by atoms with Gasteiger partial charge in [-0.3, -0.25) is 15.5 Å². The molecule has 3 aromatic carbocycles. The third-order valence-electron chi connectivity index (χ3n) is 4.31. The molecule has 0 aliphatic rings. The Morgan fingerprint density at radius 2 is 1.48 bits per heavy atom. The van der Waals surface area contributed by atoms with Gasteiger partial charge in [-0.2, -0.15) is 5.10 Å². The van der Waals surface area contributed by atoms with Crippen LogP contribution in [-0.2, 0) is 9.53 Å². The summed E-state index contributed by atoms with van der Waals surface area (Å²) in [5.41, 5.74) is 6.78. The molecule has 0 heterocycles. The fraction of sp³-hybridized carbons (Fsp3) is 0.167. The van der Waals surface area contributed by atoms with Crippen LogP contribution in [-0.4, -0.2) is 24.8 Å². The summed E-state index contributed by atoms with van der Waals surface area (Å²) in [6.07, 6.45) is 0. The molecule has 2 N–H and O–H groups in total. The molecule has 1 unspecified atom stereocenters. The van der Waals surface area contributed by atoms with Crippen molar-refractivity contribution in [3.05, 3.63) is 102 Å². The molecule has 0 radical (unpaired) electrons. The minimum absolute atomic E-state index is 0.0879. The molecule has 3 rings (SSSR count). The van der Waals surface area contributed by atoms with Crippen LogP contribution in [0.25, 0.3) is 0 Å². The third kappa shape index (κ3) is 6.02. The Labute approximate surface area is 171 Å². The van der Waals surface area contributed by atoms with Crippen molar-refractivity contribution in [2.75, 3.05) is 18.6 Å². The van der Waals surface area contributed by atoms with Gasteiger partial charge in [0, 0.05) is 0 Å². The lowest BCUT2D eigenvalue weighted by molar-refractivity contribution is -0.142. The summed E-state index contributed by atoms with van der Waals surface area (Å²) >= 11 is 0. The highest BCUT2D eigenvalue weighted by Crippen LogP contribution is 2.20. The van der Waals surface area contributed by atoms with Crippen LogP contribution >= 0.6 is 0 Å². The summed E-state index contributed by atoms with van der Waals surface area (Å²) in [4.78, 5) is 12.0. The van der Waals surface area contributed by atoms with E-state index in [-0.39, 0.29) is 18.6 Å². The minimum Gasteiger partial charge on any atom is -0.465 e. The fourth-order valence-corrected chi connectivity index (χ4v) is 2.96. The highest BCUT2D eigenvalue weighted by molar-refractivity contribution is 6.05. The van der Waals surface area contributed by atoms with Gasteiger partial charge in [-0.25, -0.2) is 0 Å². The standard InChI is InChI=1S/C24H25N3O2/c1-2-29-22(28)18-25-23(19-12-6-3-7-13-19)24(20-14-8-4-9-15-20)27-26-21-16-10-5-11-17-21/h3-17,23,25-26H,2,18H2,1H3/b27-24+. The normalized spacial score (nSPS) is 12.2. The Kier molecular flexibility index (Phi) is 7.55. The van der Waals surface area contributed by atoms with Crippen molar-refractivity contribution < 1.29 is 9.53 Å². The molecule has 5 heteroatoms. The number of hydrazone groups is 1. The Hall–Kier alpha value is -3.44. The average Bonchev–Trinajstić information content (AvgIpc) is 2.78. The van der Waals surface area contributed by atoms with Crippen molar-refractivity contribution in [1.82, 2.24) is 5.32 Å². The van der Waals surface area contributed by atoms with Gasteiger partial charge in [0.25, 0.3) is 0 Å². The van der Waals surface area contributed by atoms with Crippen molar-refractivity contribution >= 4 is 17.4 Å². The largest absolute Gasteiger partial charge is 0.465 e. The maximum atomic E-state index is 12.0. The van der Waals surface area contributed by atoms with Gasteiger partial charge in [0.1, 0.15) is 0 Å². The Bertz CT molecular complexity index is 913. The van der Waals surface area contributed by atoms with E-state index in [1.54, 1.807) is 6.92 Å². The first kappa shape index (κ1) is 20.3. The van der Waals surface area contributed by atoms with Crippen LogP contribution in [0.5, 0.6) is 0 Å². The van der Waals surface area contributed by atoms with Gasteiger partial charge < -0.3 is 4.74 Å². The zero-order chi connectivity index (χ0) is 20.3. The lowest BCUT2D eigenvalue weighted by atomic mass is 9.96. The van der Waals surface area contributed by atoms with Crippen molar-refractivity contribution in [1.29, 1.82) is 0 Å². The van der Waals surface area contributed by atoms with Gasteiger partial charge in [0.05, 0.1) is 30.6 Å². The second-order valence-corrected chi connectivity index (χ2v) is 6.37. The number of benzene rings is 3. The number of nitrogens with zero attached hydrogens (tertiary/aromatic N) is 1. The number of carbonyl (C=O) groups excluding carboxylic acids is 1. The summed E-state index contributed by atoms with van der Waals surface area (Å²) in [5, 5.41) is 8.03. The molecule has 0 aliphatic heterocycles. The van der Waals surface area contributed by atoms with Crippen LogP contribution in [0.1, 0.15) is 24.1 Å². The first-order chi connectivity index (χ1) is 14.3. The molecule has 148 valence electrons. The highest BCUT2D eigenvalue weighted by Gasteiger charge is 2.21. The van der Waals surface area contributed by atoms with Crippen LogP contribution in [0.3, 0.4) is 0 Å². The van der Waals surface area contributed by atoms with E-state index in [2.05, 4.69) is 10.7 Å². The maximum absolute atomic E-state index is 12.0. The minimum atomic E-state index is -0.295. The molecule has 0 spiro atoms. The van der Waals surface area contributed by atoms with Crippen molar-refractivity contribution in [2.24, 2.45) is 5.10 Å². The van der Waals surface area contributed by atoms with Gasteiger partial charge in [-0.15, -0.1) is 0 Å². The van der Waals surface area contributed by atoms with Gasteiger partial charge in [0.2, 0.25) is 0 Å². The molecule has 29 heavy (non-hydrogen) atoms. The zero-order valence-electron chi connectivity index (χ0n) is 16.4. The summed E-state index contributed by atoms with van der Waals surface area (Å²) in [6, 6.07) is 29.4. The number of nitrogens with one attached hydrogen (secondary N) is 2. The van der Waals surface area contributed by atoms with Crippen LogP contribution in [0.4, 0.5) is 5.69 Å². The molecule has 0 saturated heterocycles. The summed E-state index contributed by atoms with van der Waals surface area (Å²) in [5.74, 6) is -0.295. The number of esters is 1. The Morgan fingerprint density at radius 1 is 0.897 bits per heavy atom. The van der Waals surface area contributed by atoms with Crippen molar-refractivity contribution in [3.8, 4) is 0 Å². The quantitative estimate of drug-likeness (QED) is 0.325. The van der Waals surface area contributed by atoms with Crippen LogP contribution < -0.4 is 10.7 Å². The number of hydrogen-bond acceptors (Lipinski definition) is 5. The van der Waals surface area contributed by atoms with Crippen LogP contribution in [0.2, 0.25) is 0 Å². The predicted molar refractivity (Wildman–Crippen MR) is 117 cm³/mol. The zero-order valence-corrected chi connectivity index (χ0v) is 16.4. The van der Waals surface area contributed by atoms with E-state index < -0.39 is 0 Å². The van der Waals surface area contributed by atoms with Gasteiger partial charge in [-0.05, 0) is 30.2 Å². The third-order valence-corrected chi connectivity index (χ3v) is 4.31. The van der Waals surface area contributed by atoms with Crippen molar-refractivity contribution in [3.63, 3.8) is 0 Å². The first-order valence-electron chi connectivity index (χ1n) is 9.66. The molecule has 0 aromatic heterocycles. The lowest BCUT2D eigenvalue weighted by Crippen LogP contribution is -2.34.